The molecule has 0 atom stereocenters. The molecule has 5 rings (SSSR count). The summed E-state index contributed by atoms with van der Waals surface area (Å²) in [5, 5.41) is 14.1. The Balaban J connectivity index is 1.50. The van der Waals surface area contributed by atoms with Gasteiger partial charge in [-0.2, -0.15) is 0 Å². The van der Waals surface area contributed by atoms with Gasteiger partial charge >= 0.3 is 5.97 Å². The van der Waals surface area contributed by atoms with Crippen molar-refractivity contribution in [3.63, 3.8) is 0 Å². The van der Waals surface area contributed by atoms with Crippen LogP contribution in [0.5, 0.6) is 0 Å². The van der Waals surface area contributed by atoms with E-state index in [1.54, 1.807) is 28.8 Å². The van der Waals surface area contributed by atoms with Crippen molar-refractivity contribution in [2.45, 2.75) is 13.0 Å². The van der Waals surface area contributed by atoms with Crippen molar-refractivity contribution < 1.29 is 9.90 Å². The molecule has 8 heteroatoms. The molecule has 1 aliphatic rings. The highest BCUT2D eigenvalue weighted by Crippen LogP contribution is 2.32. The third kappa shape index (κ3) is 3.90. The first-order valence-corrected chi connectivity index (χ1v) is 11.4. The van der Waals surface area contributed by atoms with E-state index in [1.165, 1.54) is 11.3 Å². The maximum Gasteiger partial charge on any atom is 0.323 e. The van der Waals surface area contributed by atoms with Crippen molar-refractivity contribution in [1.82, 2.24) is 4.57 Å². The van der Waals surface area contributed by atoms with Crippen molar-refractivity contribution in [2.75, 3.05) is 29.9 Å². The molecule has 0 fully saturated rings. The minimum Gasteiger partial charge on any atom is -0.480 e. The van der Waals surface area contributed by atoms with Crippen LogP contribution in [0, 0.1) is 0 Å². The van der Waals surface area contributed by atoms with Crippen LogP contribution in [0.15, 0.2) is 59.4 Å². The smallest absolute Gasteiger partial charge is 0.323 e. The predicted octanol–water partition coefficient (Wildman–Crippen LogP) is 5.02. The van der Waals surface area contributed by atoms with Crippen LogP contribution in [0.3, 0.4) is 0 Å². The lowest BCUT2D eigenvalue weighted by atomic mass is 10.1. The summed E-state index contributed by atoms with van der Waals surface area (Å²) >= 11 is 12.6. The summed E-state index contributed by atoms with van der Waals surface area (Å²) in [6.07, 6.45) is 1.05. The minimum atomic E-state index is -1.04. The number of hydrogen-bond donors (Lipinski definition) is 2. The zero-order valence-corrected chi connectivity index (χ0v) is 19.2. The van der Waals surface area contributed by atoms with Gasteiger partial charge in [0.1, 0.15) is 6.54 Å². The van der Waals surface area contributed by atoms with Crippen LogP contribution >= 0.6 is 23.2 Å². The average Bonchev–Trinajstić information content (AvgIpc) is 3.21. The van der Waals surface area contributed by atoms with E-state index in [0.717, 1.165) is 25.2 Å². The second-order valence-corrected chi connectivity index (χ2v) is 8.88. The van der Waals surface area contributed by atoms with Crippen LogP contribution in [0.2, 0.25) is 10.0 Å². The van der Waals surface area contributed by atoms with Gasteiger partial charge in [-0.15, -0.1) is 0 Å². The topological polar surface area (TPSA) is 74.6 Å². The number of carboxylic acids is 1. The lowest BCUT2D eigenvalue weighted by molar-refractivity contribution is -0.137. The van der Waals surface area contributed by atoms with Gasteiger partial charge in [-0.1, -0.05) is 41.4 Å². The van der Waals surface area contributed by atoms with E-state index in [2.05, 4.69) is 34.5 Å². The summed E-state index contributed by atoms with van der Waals surface area (Å²) in [4.78, 5) is 27.1. The van der Waals surface area contributed by atoms with Gasteiger partial charge in [0.2, 0.25) is 0 Å². The number of hydrogen-bond acceptors (Lipinski definition) is 4. The number of nitrogens with one attached hydrogen (secondary N) is 1. The number of fused-ring (bicyclic) bond motifs is 3. The third-order valence-corrected chi connectivity index (χ3v) is 6.90. The van der Waals surface area contributed by atoms with Crippen molar-refractivity contribution in [2.24, 2.45) is 0 Å². The number of anilines is 2. The highest BCUT2D eigenvalue weighted by molar-refractivity contribution is 6.45. The van der Waals surface area contributed by atoms with Gasteiger partial charge in [0.25, 0.3) is 0 Å². The fraction of sp³-hybridized carbons (Fsp3) is 0.200. The third-order valence-electron chi connectivity index (χ3n) is 6.10. The lowest BCUT2D eigenvalue weighted by Crippen LogP contribution is -2.27. The van der Waals surface area contributed by atoms with E-state index >= 15 is 0 Å². The fourth-order valence-electron chi connectivity index (χ4n) is 4.58. The molecule has 168 valence electrons. The number of nitrogens with zero attached hydrogens (tertiary/aromatic N) is 2. The number of pyridine rings is 1. The molecular weight excluding hydrogens is 461 g/mol. The molecule has 2 N–H and O–H groups in total. The van der Waals surface area contributed by atoms with Crippen LogP contribution < -0.4 is 15.6 Å². The standard InChI is InChI=1S/C25H21Cl2N3O3/c26-19-8-7-18-24(23(19)27)30(14-22(31)32)21-13-16(5-6-17(21)25(18)33)28-10-12-29-11-9-15-3-1-2-4-20(15)29/h1-8,13,28H,9-12,14H2,(H,31,32). The zero-order valence-electron chi connectivity index (χ0n) is 17.6. The molecule has 1 aliphatic heterocycles. The van der Waals surface area contributed by atoms with E-state index in [4.69, 9.17) is 23.2 Å². The molecule has 33 heavy (non-hydrogen) atoms. The lowest BCUT2D eigenvalue weighted by Gasteiger charge is -2.20. The van der Waals surface area contributed by atoms with Crippen LogP contribution in [0.1, 0.15) is 5.56 Å². The van der Waals surface area contributed by atoms with Gasteiger partial charge in [-0.3, -0.25) is 9.59 Å². The number of aliphatic carboxylic acids is 1. The number of aromatic nitrogens is 1. The van der Waals surface area contributed by atoms with Crippen LogP contribution in [0.25, 0.3) is 21.8 Å². The Morgan fingerprint density at radius 2 is 1.85 bits per heavy atom. The van der Waals surface area contributed by atoms with Crippen molar-refractivity contribution in [3.8, 4) is 0 Å². The molecule has 0 saturated heterocycles. The first kappa shape index (κ1) is 21.6. The Bertz CT molecular complexity index is 1470. The average molecular weight is 482 g/mol. The molecule has 4 aromatic rings. The van der Waals surface area contributed by atoms with E-state index in [9.17, 15) is 14.7 Å². The monoisotopic (exact) mass is 481 g/mol. The number of rotatable bonds is 6. The molecule has 3 aromatic carbocycles. The van der Waals surface area contributed by atoms with Gasteiger partial charge in [-0.05, 0) is 48.4 Å². The molecule has 0 unspecified atom stereocenters. The minimum absolute atomic E-state index is 0.167. The van der Waals surface area contributed by atoms with Gasteiger partial charge in [0.05, 0.1) is 21.1 Å². The Labute approximate surface area is 199 Å². The molecule has 0 bridgehead atoms. The second kappa shape index (κ2) is 8.61. The number of para-hydroxylation sites is 1. The predicted molar refractivity (Wildman–Crippen MR) is 134 cm³/mol. The summed E-state index contributed by atoms with van der Waals surface area (Å²) in [5.74, 6) is -1.04. The normalized spacial score (nSPS) is 13.0. The first-order chi connectivity index (χ1) is 15.9. The Kier molecular flexibility index (Phi) is 5.64. The molecule has 0 amide bonds. The molecule has 0 aliphatic carbocycles. The van der Waals surface area contributed by atoms with Crippen molar-refractivity contribution in [3.05, 3.63) is 80.4 Å². The highest BCUT2D eigenvalue weighted by Gasteiger charge is 2.19. The van der Waals surface area contributed by atoms with E-state index in [1.807, 2.05) is 6.07 Å². The SMILES string of the molecule is O=C(O)Cn1c2cc(NCCN3CCc4ccccc43)ccc2c(=O)c2ccc(Cl)c(Cl)c21. The molecule has 0 saturated carbocycles. The quantitative estimate of drug-likeness (QED) is 0.378. The van der Waals surface area contributed by atoms with Gasteiger partial charge in [-0.25, -0.2) is 0 Å². The zero-order chi connectivity index (χ0) is 23.1. The molecule has 1 aromatic heterocycles. The number of benzene rings is 3. The maximum atomic E-state index is 13.1. The Morgan fingerprint density at radius 1 is 1.06 bits per heavy atom. The highest BCUT2D eigenvalue weighted by atomic mass is 35.5. The molecule has 0 radical (unpaired) electrons. The molecular formula is C25H21Cl2N3O3. The van der Waals surface area contributed by atoms with Crippen LogP contribution in [-0.4, -0.2) is 35.3 Å². The summed E-state index contributed by atoms with van der Waals surface area (Å²) in [7, 11) is 0. The van der Waals surface area contributed by atoms with Gasteiger partial charge < -0.3 is 19.9 Å². The van der Waals surface area contributed by atoms with Crippen LogP contribution in [-0.2, 0) is 17.8 Å². The van der Waals surface area contributed by atoms with E-state index in [0.29, 0.717) is 28.4 Å². The summed E-state index contributed by atoms with van der Waals surface area (Å²) in [5.41, 5.74) is 4.05. The number of carbonyl (C=O) groups is 1. The fourth-order valence-corrected chi connectivity index (χ4v) is 5.00. The summed E-state index contributed by atoms with van der Waals surface area (Å²) < 4.78 is 1.55. The number of halogens is 2. The van der Waals surface area contributed by atoms with E-state index in [-0.39, 0.29) is 22.0 Å². The molecule has 0 spiro atoms. The first-order valence-electron chi connectivity index (χ1n) is 10.7. The summed E-state index contributed by atoms with van der Waals surface area (Å²) in [6.45, 7) is 2.17. The Morgan fingerprint density at radius 3 is 2.67 bits per heavy atom. The Hall–Kier alpha value is -3.22. The maximum absolute atomic E-state index is 13.1. The summed E-state index contributed by atoms with van der Waals surface area (Å²) in [6, 6.07) is 16.9. The van der Waals surface area contributed by atoms with Gasteiger partial charge in [0.15, 0.2) is 5.43 Å². The second-order valence-electron chi connectivity index (χ2n) is 8.09. The van der Waals surface area contributed by atoms with Crippen molar-refractivity contribution in [1.29, 1.82) is 0 Å². The number of carboxylic acid groups (broad SMARTS) is 1. The largest absolute Gasteiger partial charge is 0.480 e. The molecule has 2 heterocycles. The van der Waals surface area contributed by atoms with E-state index < -0.39 is 5.97 Å². The molecule has 6 nitrogen and oxygen atoms in total. The van der Waals surface area contributed by atoms with Crippen molar-refractivity contribution >= 4 is 62.4 Å². The van der Waals surface area contributed by atoms with Gasteiger partial charge in [0, 0.05) is 41.8 Å². The van der Waals surface area contributed by atoms with Crippen LogP contribution in [0.4, 0.5) is 11.4 Å².